The summed E-state index contributed by atoms with van der Waals surface area (Å²) in [5.74, 6) is -13.2. The van der Waals surface area contributed by atoms with Gasteiger partial charge in [0.15, 0.2) is 23.3 Å². The lowest BCUT2D eigenvalue weighted by atomic mass is 10.2. The van der Waals surface area contributed by atoms with E-state index in [2.05, 4.69) is 9.47 Å². The number of carbonyl (C=O) groups excluding carboxylic acids is 2. The number of hydrogen-bond acceptors (Lipinski definition) is 4. The zero-order valence-electron chi connectivity index (χ0n) is 11.4. The Balaban J connectivity index is 2.70. The van der Waals surface area contributed by atoms with Crippen LogP contribution in [0.5, 0.6) is 0 Å². The van der Waals surface area contributed by atoms with Gasteiger partial charge >= 0.3 is 11.9 Å². The molecule has 24 heavy (non-hydrogen) atoms. The van der Waals surface area contributed by atoms with Crippen molar-refractivity contribution in [3.8, 4) is 0 Å². The van der Waals surface area contributed by atoms with Crippen LogP contribution in [0.4, 0.5) is 22.0 Å². The maximum absolute atomic E-state index is 13.3. The maximum atomic E-state index is 13.3. The molecule has 0 unspecified atom stereocenters. The molecule has 0 heterocycles. The molecule has 0 fully saturated rings. The van der Waals surface area contributed by atoms with E-state index >= 15 is 0 Å². The molecule has 0 radical (unpaired) electrons. The summed E-state index contributed by atoms with van der Waals surface area (Å²) < 4.78 is 74.0. The summed E-state index contributed by atoms with van der Waals surface area (Å²) in [5, 5.41) is 0. The van der Waals surface area contributed by atoms with Crippen LogP contribution in [0.2, 0.25) is 0 Å². The minimum absolute atomic E-state index is 0.355. The van der Waals surface area contributed by atoms with E-state index in [1.807, 2.05) is 0 Å². The molecule has 0 saturated carbocycles. The van der Waals surface area contributed by atoms with Gasteiger partial charge in [0.2, 0.25) is 5.82 Å². The van der Waals surface area contributed by atoms with Gasteiger partial charge in [0.05, 0.1) is 5.56 Å². The number of rotatable bonds is 6. The minimum Gasteiger partial charge on any atom is -0.460 e. The highest BCUT2D eigenvalue weighted by Crippen LogP contribution is 2.23. The van der Waals surface area contributed by atoms with Crippen LogP contribution >= 0.6 is 23.2 Å². The molecule has 1 aromatic carbocycles. The van der Waals surface area contributed by atoms with Crippen LogP contribution in [0.15, 0.2) is 12.2 Å². The summed E-state index contributed by atoms with van der Waals surface area (Å²) in [4.78, 5) is 21.3. The van der Waals surface area contributed by atoms with Crippen molar-refractivity contribution in [2.45, 2.75) is 11.4 Å². The zero-order chi connectivity index (χ0) is 18.4. The summed E-state index contributed by atoms with van der Waals surface area (Å²) >= 11 is 10.6. The van der Waals surface area contributed by atoms with Crippen molar-refractivity contribution in [1.82, 2.24) is 0 Å². The van der Waals surface area contributed by atoms with Gasteiger partial charge in [-0.25, -0.2) is 31.5 Å². The second-order valence-electron chi connectivity index (χ2n) is 4.01. The number of carbonyl (C=O) groups is 2. The van der Waals surface area contributed by atoms with Crippen molar-refractivity contribution in [2.75, 3.05) is 6.61 Å². The van der Waals surface area contributed by atoms with Crippen molar-refractivity contribution in [1.29, 1.82) is 0 Å². The Hall–Kier alpha value is -1.87. The van der Waals surface area contributed by atoms with Crippen molar-refractivity contribution >= 4 is 35.1 Å². The zero-order valence-corrected chi connectivity index (χ0v) is 12.9. The summed E-state index contributed by atoms with van der Waals surface area (Å²) in [7, 11) is 0. The number of benzene rings is 1. The monoisotopic (exact) mass is 392 g/mol. The Kier molecular flexibility index (Phi) is 7.43. The van der Waals surface area contributed by atoms with Gasteiger partial charge in [-0.3, -0.25) is 0 Å². The molecular formula is C13H7Cl2F5O4. The first-order chi connectivity index (χ1) is 11.1. The van der Waals surface area contributed by atoms with E-state index in [1.165, 1.54) is 0 Å². The standard InChI is InChI=1S/C13H7Cl2F5O4/c14-6(15)4-24-8(22)2-1-7(21)23-3-5-9(16)11(18)13(20)12(19)10(5)17/h1-2,6H,3-4H2/b2-1+. The van der Waals surface area contributed by atoms with E-state index in [4.69, 9.17) is 23.2 Å². The third-order valence-electron chi connectivity index (χ3n) is 2.37. The largest absolute Gasteiger partial charge is 0.460 e. The first-order valence-corrected chi connectivity index (χ1v) is 6.82. The molecule has 11 heteroatoms. The molecule has 0 aromatic heterocycles. The Bertz CT molecular complexity index is 650. The molecule has 132 valence electrons. The predicted octanol–water partition coefficient (Wildman–Crippen LogP) is 3.33. The van der Waals surface area contributed by atoms with Gasteiger partial charge in [-0.15, -0.1) is 23.2 Å². The van der Waals surface area contributed by atoms with Crippen molar-refractivity contribution in [2.24, 2.45) is 0 Å². The SMILES string of the molecule is O=C(/C=C/C(=O)OCC(Cl)Cl)OCc1c(F)c(F)c(F)c(F)c1F. The minimum atomic E-state index is -2.33. The highest BCUT2D eigenvalue weighted by molar-refractivity contribution is 6.44. The van der Waals surface area contributed by atoms with Gasteiger partial charge in [0.25, 0.3) is 0 Å². The molecule has 0 atom stereocenters. The van der Waals surface area contributed by atoms with Gasteiger partial charge in [-0.2, -0.15) is 0 Å². The van der Waals surface area contributed by atoms with Crippen molar-refractivity contribution in [3.63, 3.8) is 0 Å². The summed E-state index contributed by atoms with van der Waals surface area (Å²) in [6.07, 6.45) is 1.11. The highest BCUT2D eigenvalue weighted by Gasteiger charge is 2.26. The molecule has 0 spiro atoms. The van der Waals surface area contributed by atoms with Crippen LogP contribution < -0.4 is 0 Å². The third-order valence-corrected chi connectivity index (χ3v) is 2.62. The quantitative estimate of drug-likeness (QED) is 0.186. The Morgan fingerprint density at radius 1 is 0.833 bits per heavy atom. The van der Waals surface area contributed by atoms with E-state index in [0.29, 0.717) is 12.2 Å². The van der Waals surface area contributed by atoms with Crippen molar-refractivity contribution in [3.05, 3.63) is 46.8 Å². The van der Waals surface area contributed by atoms with E-state index in [-0.39, 0.29) is 6.61 Å². The molecule has 4 nitrogen and oxygen atoms in total. The molecule has 0 aliphatic rings. The molecule has 0 bridgehead atoms. The first-order valence-electron chi connectivity index (χ1n) is 5.95. The van der Waals surface area contributed by atoms with Crippen LogP contribution in [0, 0.1) is 29.1 Å². The fourth-order valence-electron chi connectivity index (χ4n) is 1.30. The van der Waals surface area contributed by atoms with Crippen LogP contribution in [0.1, 0.15) is 5.56 Å². The van der Waals surface area contributed by atoms with Crippen molar-refractivity contribution < 1.29 is 41.0 Å². The first kappa shape index (κ1) is 20.2. The average Bonchev–Trinajstić information content (AvgIpc) is 2.54. The topological polar surface area (TPSA) is 52.6 Å². The molecule has 0 amide bonds. The maximum Gasteiger partial charge on any atom is 0.331 e. The van der Waals surface area contributed by atoms with Crippen LogP contribution in [0.3, 0.4) is 0 Å². The van der Waals surface area contributed by atoms with Gasteiger partial charge in [0, 0.05) is 12.2 Å². The van der Waals surface area contributed by atoms with Gasteiger partial charge in [-0.05, 0) is 0 Å². The normalized spacial score (nSPS) is 11.2. The van der Waals surface area contributed by atoms with Gasteiger partial charge in [0.1, 0.15) is 18.1 Å². The fourth-order valence-corrected chi connectivity index (χ4v) is 1.42. The van der Waals surface area contributed by atoms with Crippen LogP contribution in [-0.4, -0.2) is 23.4 Å². The summed E-state index contributed by atoms with van der Waals surface area (Å²) in [6.45, 7) is -1.60. The third kappa shape index (κ3) is 5.34. The molecule has 0 saturated heterocycles. The fraction of sp³-hybridized carbons (Fsp3) is 0.231. The molecule has 0 aliphatic carbocycles. The van der Waals surface area contributed by atoms with Crippen LogP contribution in [0.25, 0.3) is 0 Å². The smallest absolute Gasteiger partial charge is 0.331 e. The summed E-state index contributed by atoms with van der Waals surface area (Å²) in [6, 6.07) is 0. The highest BCUT2D eigenvalue weighted by atomic mass is 35.5. The predicted molar refractivity (Wildman–Crippen MR) is 71.6 cm³/mol. The average molecular weight is 393 g/mol. The lowest BCUT2D eigenvalue weighted by molar-refractivity contribution is -0.141. The van der Waals surface area contributed by atoms with E-state index < -0.39 is 58.0 Å². The second-order valence-corrected chi connectivity index (χ2v) is 5.29. The molecule has 0 aliphatic heterocycles. The summed E-state index contributed by atoms with van der Waals surface area (Å²) in [5.41, 5.74) is -1.33. The molecule has 0 N–H and O–H groups in total. The second kappa shape index (κ2) is 8.84. The Morgan fingerprint density at radius 2 is 1.25 bits per heavy atom. The lowest BCUT2D eigenvalue weighted by Gasteiger charge is -2.08. The number of esters is 2. The number of ether oxygens (including phenoxy) is 2. The van der Waals surface area contributed by atoms with E-state index in [0.717, 1.165) is 0 Å². The molecular weight excluding hydrogens is 386 g/mol. The van der Waals surface area contributed by atoms with Gasteiger partial charge < -0.3 is 9.47 Å². The number of alkyl halides is 2. The molecule has 1 rings (SSSR count). The Morgan fingerprint density at radius 3 is 1.71 bits per heavy atom. The number of halogens is 7. The van der Waals surface area contributed by atoms with Crippen LogP contribution in [-0.2, 0) is 25.7 Å². The van der Waals surface area contributed by atoms with Gasteiger partial charge in [-0.1, -0.05) is 0 Å². The van der Waals surface area contributed by atoms with E-state index in [9.17, 15) is 31.5 Å². The molecule has 1 aromatic rings. The Labute approximate surface area is 141 Å². The van der Waals surface area contributed by atoms with E-state index in [1.54, 1.807) is 0 Å². The lowest BCUT2D eigenvalue weighted by Crippen LogP contribution is -2.11. The number of hydrogen-bond donors (Lipinski definition) is 0.